The molecule has 0 radical (unpaired) electrons. The van der Waals surface area contributed by atoms with Crippen molar-refractivity contribution in [3.8, 4) is 70.0 Å². The highest BCUT2D eigenvalue weighted by molar-refractivity contribution is 5.97. The monoisotopic (exact) mass is 1120 g/mol. The number of carbonyl (C=O) groups is 3. The van der Waals surface area contributed by atoms with E-state index in [4.69, 9.17) is 28.4 Å². The first kappa shape index (κ1) is 62.6. The fourth-order valence-electron chi connectivity index (χ4n) is 9.08. The van der Waals surface area contributed by atoms with Gasteiger partial charge in [-0.05, 0) is 110 Å². The molecule has 0 atom stereocenters. The molecule has 0 aliphatic carbocycles. The first-order chi connectivity index (χ1) is 41.3. The molecule has 0 fully saturated rings. The molecule has 84 heavy (non-hydrogen) atoms. The highest BCUT2D eigenvalue weighted by Gasteiger charge is 2.23. The minimum Gasteiger partial charge on any atom is -0.493 e. The predicted octanol–water partition coefficient (Wildman–Crippen LogP) is 17.8. The molecule has 9 heteroatoms. The fraction of sp³-hybridized carbons (Fsp3) is 0.320. The van der Waals surface area contributed by atoms with Gasteiger partial charge < -0.3 is 28.4 Å². The van der Waals surface area contributed by atoms with Gasteiger partial charge in [-0.15, -0.1) is 0 Å². The second kappa shape index (κ2) is 35.8. The third kappa shape index (κ3) is 21.7. The summed E-state index contributed by atoms with van der Waals surface area (Å²) in [5.74, 6) is 17.4. The van der Waals surface area contributed by atoms with E-state index in [0.29, 0.717) is 53.8 Å². The van der Waals surface area contributed by atoms with Crippen LogP contribution in [0.5, 0.6) is 34.5 Å². The minimum absolute atomic E-state index is 0.0835. The van der Waals surface area contributed by atoms with Crippen molar-refractivity contribution in [3.63, 3.8) is 0 Å². The predicted molar refractivity (Wildman–Crippen MR) is 335 cm³/mol. The van der Waals surface area contributed by atoms with Crippen LogP contribution in [0, 0.1) is 35.5 Å². The van der Waals surface area contributed by atoms with Gasteiger partial charge in [-0.2, -0.15) is 0 Å². The highest BCUT2D eigenvalue weighted by atomic mass is 16.6. The van der Waals surface area contributed by atoms with Crippen LogP contribution < -0.4 is 28.4 Å². The molecule has 0 bridgehead atoms. The average molecular weight is 1120 g/mol. The van der Waals surface area contributed by atoms with E-state index >= 15 is 0 Å². The number of rotatable bonds is 30. The summed E-state index contributed by atoms with van der Waals surface area (Å²) in [6, 6.07) is 48.4. The van der Waals surface area contributed by atoms with Crippen LogP contribution in [0.3, 0.4) is 0 Å². The third-order valence-corrected chi connectivity index (χ3v) is 13.7. The molecule has 0 N–H and O–H groups in total. The summed E-state index contributed by atoms with van der Waals surface area (Å²) in [4.78, 5) is 43.9. The van der Waals surface area contributed by atoms with Gasteiger partial charge in [0.25, 0.3) is 0 Å². The second-order valence-corrected chi connectivity index (χ2v) is 20.6. The molecule has 0 aliphatic heterocycles. The van der Waals surface area contributed by atoms with Crippen LogP contribution >= 0.6 is 0 Å². The molecule has 0 unspecified atom stereocenters. The van der Waals surface area contributed by atoms with E-state index in [1.807, 2.05) is 109 Å². The van der Waals surface area contributed by atoms with E-state index < -0.39 is 17.9 Å². The van der Waals surface area contributed by atoms with Gasteiger partial charge >= 0.3 is 17.9 Å². The van der Waals surface area contributed by atoms with E-state index in [-0.39, 0.29) is 33.9 Å². The molecule has 7 aromatic rings. The second-order valence-electron chi connectivity index (χ2n) is 20.6. The number of hydrogen-bond donors (Lipinski definition) is 0. The maximum Gasteiger partial charge on any atom is 0.347 e. The van der Waals surface area contributed by atoms with Crippen LogP contribution in [-0.2, 0) is 0 Å². The Bertz CT molecular complexity index is 3020. The zero-order valence-corrected chi connectivity index (χ0v) is 49.1. The Kier molecular flexibility index (Phi) is 26.7. The van der Waals surface area contributed by atoms with Crippen LogP contribution in [0.2, 0.25) is 0 Å². The molecule has 0 amide bonds. The van der Waals surface area contributed by atoms with Crippen LogP contribution in [0.25, 0.3) is 0 Å². The molecule has 0 heterocycles. The van der Waals surface area contributed by atoms with Gasteiger partial charge in [0.1, 0.15) is 51.2 Å². The van der Waals surface area contributed by atoms with Crippen LogP contribution in [0.4, 0.5) is 0 Å². The Balaban J connectivity index is 1.24. The summed E-state index contributed by atoms with van der Waals surface area (Å²) in [5.41, 5.74) is 4.50. The quantitative estimate of drug-likeness (QED) is 0.0188. The molecule has 0 saturated carbocycles. The van der Waals surface area contributed by atoms with Crippen molar-refractivity contribution in [2.45, 2.75) is 136 Å². The first-order valence-corrected chi connectivity index (χ1v) is 30.1. The molecule has 0 aliphatic rings. The van der Waals surface area contributed by atoms with Crippen molar-refractivity contribution in [1.82, 2.24) is 0 Å². The normalized spacial score (nSPS) is 10.5. The Labute approximate surface area is 498 Å². The van der Waals surface area contributed by atoms with Crippen LogP contribution in [0.15, 0.2) is 164 Å². The van der Waals surface area contributed by atoms with Gasteiger partial charge in [0.15, 0.2) is 0 Å². The largest absolute Gasteiger partial charge is 0.493 e. The number of unbranched alkanes of at least 4 members (excludes halogenated alkanes) is 15. The number of esters is 3. The van der Waals surface area contributed by atoms with Gasteiger partial charge in [-0.1, -0.05) is 207 Å². The lowest BCUT2D eigenvalue weighted by Gasteiger charge is -2.15. The molecule has 7 aromatic carbocycles. The Hall–Kier alpha value is -8.97. The van der Waals surface area contributed by atoms with E-state index in [1.165, 1.54) is 37.5 Å². The lowest BCUT2D eigenvalue weighted by Crippen LogP contribution is -2.15. The SMILES string of the molecule is CCCCCCCCOc1ccc(C#Cc2ccccc2)cc1C(=O)Oc1cc(OC(=O)c2cc(C#Cc3ccccc3)ccc2OCCCCCCCC)cc(OC(=O)c2cc(C#Cc3ccccc3)ccc2OCCCCCCCC)c1. The molecule has 432 valence electrons. The summed E-state index contributed by atoms with van der Waals surface area (Å²) >= 11 is 0. The number of benzene rings is 7. The lowest BCUT2D eigenvalue weighted by atomic mass is 10.1. The van der Waals surface area contributed by atoms with Gasteiger partial charge in [0.05, 0.1) is 19.8 Å². The van der Waals surface area contributed by atoms with Gasteiger partial charge in [0, 0.05) is 51.6 Å². The summed E-state index contributed by atoms with van der Waals surface area (Å²) < 4.78 is 37.4. The lowest BCUT2D eigenvalue weighted by molar-refractivity contribution is 0.0726. The minimum atomic E-state index is -0.776. The zero-order valence-electron chi connectivity index (χ0n) is 49.1. The van der Waals surface area contributed by atoms with Crippen molar-refractivity contribution in [1.29, 1.82) is 0 Å². The van der Waals surface area contributed by atoms with Gasteiger partial charge in [-0.3, -0.25) is 0 Å². The Morgan fingerprint density at radius 2 is 0.536 bits per heavy atom. The standard InChI is InChI=1S/C75H78O9/c1-4-7-10-13-16-28-49-79-70-46-43-61(40-37-58-31-22-19-23-32-58)52-67(70)73(76)82-64-55-65(83-74(77)68-53-62(41-38-59-33-24-20-25-34-59)44-47-71(68)80-50-29-17-14-11-8-5-2)57-66(56-64)84-75(78)69-54-63(42-39-60-35-26-21-27-36-60)45-48-72(69)81-51-30-18-15-12-9-6-3/h19-27,31-36,43-48,52-57H,4-18,28-30,49-51H2,1-3H3. The number of hydrogen-bond acceptors (Lipinski definition) is 9. The Morgan fingerprint density at radius 3 is 0.810 bits per heavy atom. The topological polar surface area (TPSA) is 107 Å². The molecule has 7 rings (SSSR count). The highest BCUT2D eigenvalue weighted by Crippen LogP contribution is 2.33. The summed E-state index contributed by atoms with van der Waals surface area (Å²) in [5, 5.41) is 0. The van der Waals surface area contributed by atoms with E-state index in [2.05, 4.69) is 56.3 Å². The summed E-state index contributed by atoms with van der Waals surface area (Å²) in [7, 11) is 0. The molecule has 0 spiro atoms. The summed E-state index contributed by atoms with van der Waals surface area (Å²) in [6.45, 7) is 7.73. The molecule has 9 nitrogen and oxygen atoms in total. The van der Waals surface area contributed by atoms with Gasteiger partial charge in [0.2, 0.25) is 0 Å². The smallest absolute Gasteiger partial charge is 0.347 e. The van der Waals surface area contributed by atoms with Crippen LogP contribution in [-0.4, -0.2) is 37.7 Å². The van der Waals surface area contributed by atoms with Crippen molar-refractivity contribution in [3.05, 3.63) is 214 Å². The van der Waals surface area contributed by atoms with Crippen molar-refractivity contribution in [2.24, 2.45) is 0 Å². The first-order valence-electron chi connectivity index (χ1n) is 30.1. The maximum absolute atomic E-state index is 14.6. The number of carbonyl (C=O) groups excluding carboxylic acids is 3. The number of ether oxygens (including phenoxy) is 6. The van der Waals surface area contributed by atoms with Crippen molar-refractivity contribution >= 4 is 17.9 Å². The third-order valence-electron chi connectivity index (χ3n) is 13.7. The molecular formula is C75H78O9. The van der Waals surface area contributed by atoms with E-state index in [9.17, 15) is 14.4 Å². The maximum atomic E-state index is 14.6. The van der Waals surface area contributed by atoms with E-state index in [0.717, 1.165) is 113 Å². The van der Waals surface area contributed by atoms with E-state index in [1.54, 1.807) is 36.4 Å². The van der Waals surface area contributed by atoms with Crippen molar-refractivity contribution in [2.75, 3.05) is 19.8 Å². The zero-order chi connectivity index (χ0) is 58.8. The average Bonchev–Trinajstić information content (AvgIpc) is 3.67. The van der Waals surface area contributed by atoms with Crippen LogP contribution in [0.1, 0.15) is 201 Å². The van der Waals surface area contributed by atoms with Crippen molar-refractivity contribution < 1.29 is 42.8 Å². The Morgan fingerprint density at radius 1 is 0.286 bits per heavy atom. The molecule has 0 saturated heterocycles. The molecular weight excluding hydrogens is 1040 g/mol. The summed E-state index contributed by atoms with van der Waals surface area (Å²) in [6.07, 6.45) is 19.1. The fourth-order valence-corrected chi connectivity index (χ4v) is 9.08. The van der Waals surface area contributed by atoms with Gasteiger partial charge in [-0.25, -0.2) is 14.4 Å². The molecule has 0 aromatic heterocycles.